The van der Waals surface area contributed by atoms with Crippen molar-refractivity contribution in [2.45, 2.75) is 38.9 Å². The van der Waals surface area contributed by atoms with Crippen molar-refractivity contribution in [1.29, 1.82) is 0 Å². The molecule has 1 rings (SSSR count). The van der Waals surface area contributed by atoms with Crippen molar-refractivity contribution in [3.05, 3.63) is 35.9 Å². The Kier molecular flexibility index (Phi) is 8.42. The van der Waals surface area contributed by atoms with Gasteiger partial charge in [-0.3, -0.25) is 4.79 Å². The van der Waals surface area contributed by atoms with E-state index in [-0.39, 0.29) is 23.9 Å². The number of nitrogens with one attached hydrogen (secondary N) is 2. The van der Waals surface area contributed by atoms with Crippen LogP contribution in [-0.2, 0) is 11.3 Å². The molecule has 118 valence electrons. The summed E-state index contributed by atoms with van der Waals surface area (Å²) in [6.45, 7) is 5.30. The van der Waals surface area contributed by atoms with Gasteiger partial charge < -0.3 is 16.4 Å². The van der Waals surface area contributed by atoms with Gasteiger partial charge in [0.15, 0.2) is 0 Å². The van der Waals surface area contributed by atoms with Gasteiger partial charge in [-0.15, -0.1) is 0 Å². The van der Waals surface area contributed by atoms with Crippen molar-refractivity contribution in [2.24, 2.45) is 11.7 Å². The summed E-state index contributed by atoms with van der Waals surface area (Å²) in [5.74, 6) is 0.888. The van der Waals surface area contributed by atoms with E-state index in [9.17, 15) is 4.79 Å². The first-order valence-electron chi connectivity index (χ1n) is 7.49. The van der Waals surface area contributed by atoms with E-state index in [1.165, 1.54) is 0 Å². The van der Waals surface area contributed by atoms with E-state index in [0.717, 1.165) is 12.0 Å². The van der Waals surface area contributed by atoms with Crippen LogP contribution in [0.4, 0.5) is 0 Å². The molecule has 21 heavy (non-hydrogen) atoms. The van der Waals surface area contributed by atoms with Crippen LogP contribution in [0.25, 0.3) is 0 Å². The maximum Gasteiger partial charge on any atom is 0.237 e. The van der Waals surface area contributed by atoms with Crippen molar-refractivity contribution < 1.29 is 4.79 Å². The highest BCUT2D eigenvalue weighted by molar-refractivity contribution is 7.80. The summed E-state index contributed by atoms with van der Waals surface area (Å²) in [5, 5.41) is 6.27. The van der Waals surface area contributed by atoms with E-state index in [1.54, 1.807) is 0 Å². The van der Waals surface area contributed by atoms with Crippen LogP contribution in [0.1, 0.15) is 25.8 Å². The zero-order chi connectivity index (χ0) is 15.7. The molecule has 0 saturated carbocycles. The predicted molar refractivity (Wildman–Crippen MR) is 91.4 cm³/mol. The summed E-state index contributed by atoms with van der Waals surface area (Å²) in [6, 6.07) is 9.65. The molecule has 4 N–H and O–H groups in total. The number of nitrogens with two attached hydrogens (primary N) is 1. The van der Waals surface area contributed by atoms with Crippen LogP contribution in [0.2, 0.25) is 0 Å². The highest BCUT2D eigenvalue weighted by Crippen LogP contribution is 2.08. The lowest BCUT2D eigenvalue weighted by Crippen LogP contribution is -2.51. The second-order valence-corrected chi connectivity index (χ2v) is 5.78. The van der Waals surface area contributed by atoms with Crippen LogP contribution in [0.3, 0.4) is 0 Å². The minimum absolute atomic E-state index is 0.0274. The van der Waals surface area contributed by atoms with Crippen LogP contribution in [0.15, 0.2) is 30.3 Å². The standard InChI is InChI=1S/C16H27N3OS/c1-3-12(2)15(18-10-14(17)11-21)16(20)19-9-13-7-5-4-6-8-13/h4-8,12,14-15,18,21H,3,9-11,17H2,1-2H3,(H,19,20)/t12?,14?,15-/m0/s1. The Morgan fingerprint density at radius 2 is 2.00 bits per heavy atom. The lowest BCUT2D eigenvalue weighted by atomic mass is 9.98. The van der Waals surface area contributed by atoms with E-state index in [4.69, 9.17) is 5.73 Å². The molecule has 5 heteroatoms. The monoisotopic (exact) mass is 309 g/mol. The zero-order valence-electron chi connectivity index (χ0n) is 12.9. The van der Waals surface area contributed by atoms with Crippen LogP contribution in [0.5, 0.6) is 0 Å². The third-order valence-corrected chi connectivity index (χ3v) is 4.11. The summed E-state index contributed by atoms with van der Waals surface area (Å²) >= 11 is 4.17. The van der Waals surface area contributed by atoms with Gasteiger partial charge in [-0.05, 0) is 11.5 Å². The summed E-state index contributed by atoms with van der Waals surface area (Å²) in [7, 11) is 0. The molecule has 3 atom stereocenters. The van der Waals surface area contributed by atoms with E-state index < -0.39 is 0 Å². The molecule has 0 aliphatic rings. The smallest absolute Gasteiger partial charge is 0.237 e. The topological polar surface area (TPSA) is 67.1 Å². The molecule has 4 nitrogen and oxygen atoms in total. The molecule has 2 unspecified atom stereocenters. The van der Waals surface area contributed by atoms with Crippen LogP contribution in [-0.4, -0.2) is 30.3 Å². The summed E-state index contributed by atoms with van der Waals surface area (Å²) in [4.78, 5) is 12.4. The van der Waals surface area contributed by atoms with Gasteiger partial charge in [-0.1, -0.05) is 50.6 Å². The Morgan fingerprint density at radius 3 is 2.57 bits per heavy atom. The molecule has 0 fully saturated rings. The number of carbonyl (C=O) groups excluding carboxylic acids is 1. The van der Waals surface area contributed by atoms with Crippen molar-refractivity contribution in [1.82, 2.24) is 10.6 Å². The third-order valence-electron chi connectivity index (χ3n) is 3.64. The quantitative estimate of drug-likeness (QED) is 0.523. The number of hydrogen-bond donors (Lipinski definition) is 4. The summed E-state index contributed by atoms with van der Waals surface area (Å²) < 4.78 is 0. The molecule has 1 amide bonds. The van der Waals surface area contributed by atoms with Gasteiger partial charge in [0.2, 0.25) is 5.91 Å². The molecule has 0 spiro atoms. The highest BCUT2D eigenvalue weighted by atomic mass is 32.1. The molecule has 0 aliphatic heterocycles. The molecular weight excluding hydrogens is 282 g/mol. The predicted octanol–water partition coefficient (Wildman–Crippen LogP) is 1.56. The number of carbonyl (C=O) groups is 1. The maximum absolute atomic E-state index is 12.4. The van der Waals surface area contributed by atoms with Crippen molar-refractivity contribution in [3.8, 4) is 0 Å². The Bertz CT molecular complexity index is 413. The van der Waals surface area contributed by atoms with Gasteiger partial charge in [0, 0.05) is 24.9 Å². The van der Waals surface area contributed by atoms with Crippen molar-refractivity contribution in [3.63, 3.8) is 0 Å². The summed E-state index contributed by atoms with van der Waals surface area (Å²) in [6.07, 6.45) is 0.937. The molecule has 0 aromatic heterocycles. The first-order valence-corrected chi connectivity index (χ1v) is 8.13. The van der Waals surface area contributed by atoms with Crippen LogP contribution < -0.4 is 16.4 Å². The fraction of sp³-hybridized carbons (Fsp3) is 0.562. The highest BCUT2D eigenvalue weighted by Gasteiger charge is 2.23. The van der Waals surface area contributed by atoms with Gasteiger partial charge in [0.05, 0.1) is 6.04 Å². The largest absolute Gasteiger partial charge is 0.351 e. The van der Waals surface area contributed by atoms with Gasteiger partial charge in [0.1, 0.15) is 0 Å². The second kappa shape index (κ2) is 9.82. The van der Waals surface area contributed by atoms with E-state index in [2.05, 4.69) is 37.1 Å². The van der Waals surface area contributed by atoms with Gasteiger partial charge in [-0.2, -0.15) is 12.6 Å². The normalized spacial score (nSPS) is 15.2. The Balaban J connectivity index is 2.54. The molecule has 0 heterocycles. The van der Waals surface area contributed by atoms with E-state index >= 15 is 0 Å². The minimum Gasteiger partial charge on any atom is -0.351 e. The molecule has 1 aromatic rings. The molecule has 1 aromatic carbocycles. The zero-order valence-corrected chi connectivity index (χ0v) is 13.8. The van der Waals surface area contributed by atoms with Crippen LogP contribution >= 0.6 is 12.6 Å². The fourth-order valence-electron chi connectivity index (χ4n) is 2.03. The Labute approximate surface area is 133 Å². The number of rotatable bonds is 9. The molecule has 0 aliphatic carbocycles. The Morgan fingerprint density at radius 1 is 1.33 bits per heavy atom. The lowest BCUT2D eigenvalue weighted by Gasteiger charge is -2.25. The van der Waals surface area contributed by atoms with Crippen molar-refractivity contribution >= 4 is 18.5 Å². The Hall–Kier alpha value is -1.04. The number of hydrogen-bond acceptors (Lipinski definition) is 4. The SMILES string of the molecule is CCC(C)[C@H](NCC(N)CS)C(=O)NCc1ccccc1. The van der Waals surface area contributed by atoms with Gasteiger partial charge in [0.25, 0.3) is 0 Å². The van der Waals surface area contributed by atoms with Gasteiger partial charge in [-0.25, -0.2) is 0 Å². The maximum atomic E-state index is 12.4. The molecular formula is C16H27N3OS. The average molecular weight is 309 g/mol. The summed E-state index contributed by atoms with van der Waals surface area (Å²) in [5.41, 5.74) is 6.96. The molecule has 0 radical (unpaired) electrons. The number of benzene rings is 1. The van der Waals surface area contributed by atoms with Crippen molar-refractivity contribution in [2.75, 3.05) is 12.3 Å². The van der Waals surface area contributed by atoms with Crippen LogP contribution in [0, 0.1) is 5.92 Å². The second-order valence-electron chi connectivity index (χ2n) is 5.42. The first-order chi connectivity index (χ1) is 10.1. The fourth-order valence-corrected chi connectivity index (χ4v) is 2.15. The van der Waals surface area contributed by atoms with Gasteiger partial charge >= 0.3 is 0 Å². The number of thiol groups is 1. The lowest BCUT2D eigenvalue weighted by molar-refractivity contribution is -0.124. The average Bonchev–Trinajstić information content (AvgIpc) is 2.53. The molecule has 0 saturated heterocycles. The van der Waals surface area contributed by atoms with E-state index in [1.807, 2.05) is 30.3 Å². The van der Waals surface area contributed by atoms with E-state index in [0.29, 0.717) is 18.8 Å². The number of amides is 1. The third kappa shape index (κ3) is 6.50. The minimum atomic E-state index is -0.218. The molecule has 0 bridgehead atoms. The first kappa shape index (κ1) is 18.0.